The number of hydrogen-bond acceptors (Lipinski definition) is 6. The average Bonchev–Trinajstić information content (AvgIpc) is 2.71. The molecule has 2 fully saturated rings. The molecule has 0 aromatic carbocycles. The maximum absolute atomic E-state index is 13.2. The van der Waals surface area contributed by atoms with Crippen molar-refractivity contribution in [2.75, 3.05) is 57.2 Å². The maximum atomic E-state index is 13.2. The highest BCUT2D eigenvalue weighted by Gasteiger charge is 2.39. The van der Waals surface area contributed by atoms with Crippen molar-refractivity contribution >= 4 is 17.7 Å². The summed E-state index contributed by atoms with van der Waals surface area (Å²) in [7, 11) is 4.87. The minimum atomic E-state index is -4.57. The van der Waals surface area contributed by atoms with Gasteiger partial charge in [-0.3, -0.25) is 4.79 Å². The van der Waals surface area contributed by atoms with Crippen molar-refractivity contribution in [2.45, 2.75) is 12.2 Å². The number of likely N-dealkylation sites (N-methyl/N-ethyl adjacent to an activating group) is 1. The van der Waals surface area contributed by atoms with Gasteiger partial charge in [-0.25, -0.2) is 4.98 Å². The summed E-state index contributed by atoms with van der Waals surface area (Å²) in [5.74, 6) is -0.325. The molecule has 2 aliphatic rings. The van der Waals surface area contributed by atoms with Crippen molar-refractivity contribution in [2.24, 2.45) is 5.92 Å². The van der Waals surface area contributed by atoms with Gasteiger partial charge in [0.25, 0.3) is 0 Å². The van der Waals surface area contributed by atoms with E-state index >= 15 is 0 Å². The van der Waals surface area contributed by atoms with Gasteiger partial charge < -0.3 is 19.4 Å². The van der Waals surface area contributed by atoms with E-state index in [4.69, 9.17) is 4.74 Å². The fourth-order valence-corrected chi connectivity index (χ4v) is 3.01. The second kappa shape index (κ2) is 6.32. The molecule has 3 rings (SSSR count). The zero-order chi connectivity index (χ0) is 18.4. The Hall–Kier alpha value is -2.10. The lowest BCUT2D eigenvalue weighted by Gasteiger charge is -2.30. The molecule has 138 valence electrons. The number of rotatable bonds is 2. The van der Waals surface area contributed by atoms with Gasteiger partial charge in [0, 0.05) is 40.3 Å². The summed E-state index contributed by atoms with van der Waals surface area (Å²) in [5.41, 5.74) is -0.994. The molecule has 25 heavy (non-hydrogen) atoms. The van der Waals surface area contributed by atoms with Crippen LogP contribution in [-0.4, -0.2) is 74.3 Å². The predicted octanol–water partition coefficient (Wildman–Crippen LogP) is 0.855. The molecule has 1 aromatic rings. The van der Waals surface area contributed by atoms with Crippen molar-refractivity contribution in [1.82, 2.24) is 14.9 Å². The van der Waals surface area contributed by atoms with E-state index in [2.05, 4.69) is 9.97 Å². The number of halogens is 3. The summed E-state index contributed by atoms with van der Waals surface area (Å²) in [6.45, 7) is 1.24. The van der Waals surface area contributed by atoms with Crippen LogP contribution in [0.4, 0.5) is 24.9 Å². The highest BCUT2D eigenvalue weighted by atomic mass is 19.4. The molecule has 0 unspecified atom stereocenters. The molecule has 1 amide bonds. The molecule has 3 heterocycles. The minimum Gasteiger partial charge on any atom is -0.378 e. The lowest BCUT2D eigenvalue weighted by molar-refractivity contribution is -0.141. The van der Waals surface area contributed by atoms with Gasteiger partial charge in [-0.05, 0) is 0 Å². The Morgan fingerprint density at radius 3 is 2.60 bits per heavy atom. The van der Waals surface area contributed by atoms with Gasteiger partial charge in [-0.15, -0.1) is 0 Å². The zero-order valence-electron chi connectivity index (χ0n) is 14.2. The number of hydrogen-bond donors (Lipinski definition) is 0. The average molecular weight is 359 g/mol. The number of ether oxygens (including phenoxy) is 1. The Morgan fingerprint density at radius 2 is 1.96 bits per heavy atom. The summed E-state index contributed by atoms with van der Waals surface area (Å²) >= 11 is 0. The van der Waals surface area contributed by atoms with Crippen molar-refractivity contribution in [3.63, 3.8) is 0 Å². The number of carbonyl (C=O) groups excluding carboxylic acids is 1. The lowest BCUT2D eigenvalue weighted by atomic mass is 10.1. The summed E-state index contributed by atoms with van der Waals surface area (Å²) < 4.78 is 45.1. The largest absolute Gasteiger partial charge is 0.433 e. The quantitative estimate of drug-likeness (QED) is 0.780. The molecule has 10 heteroatoms. The molecule has 0 saturated carbocycles. The smallest absolute Gasteiger partial charge is 0.378 e. The Labute approximate surface area is 143 Å². The van der Waals surface area contributed by atoms with E-state index in [1.165, 1.54) is 4.90 Å². The van der Waals surface area contributed by atoms with Gasteiger partial charge in [0.1, 0.15) is 5.82 Å². The van der Waals surface area contributed by atoms with Gasteiger partial charge in [0.2, 0.25) is 11.9 Å². The summed E-state index contributed by atoms with van der Waals surface area (Å²) in [4.78, 5) is 25.0. The third kappa shape index (κ3) is 3.48. The molecule has 0 aliphatic carbocycles. The monoisotopic (exact) mass is 359 g/mol. The Kier molecular flexibility index (Phi) is 4.48. The predicted molar refractivity (Wildman–Crippen MR) is 84.4 cm³/mol. The summed E-state index contributed by atoms with van der Waals surface area (Å²) in [6, 6.07) is 0.714. The second-order valence-corrected chi connectivity index (χ2v) is 6.55. The number of aromatic nitrogens is 2. The molecule has 2 bridgehead atoms. The van der Waals surface area contributed by atoms with E-state index in [1.54, 1.807) is 30.9 Å². The van der Waals surface area contributed by atoms with Gasteiger partial charge in [0.15, 0.2) is 5.69 Å². The third-order valence-corrected chi connectivity index (χ3v) is 4.46. The fraction of sp³-hybridized carbons (Fsp3) is 0.667. The third-order valence-electron chi connectivity index (χ3n) is 4.46. The van der Waals surface area contributed by atoms with Gasteiger partial charge in [0.05, 0.1) is 25.2 Å². The molecular weight excluding hydrogens is 339 g/mol. The Morgan fingerprint density at radius 1 is 1.24 bits per heavy atom. The van der Waals surface area contributed by atoms with E-state index in [9.17, 15) is 18.0 Å². The van der Waals surface area contributed by atoms with E-state index < -0.39 is 17.8 Å². The van der Waals surface area contributed by atoms with E-state index in [1.807, 2.05) is 0 Å². The topological polar surface area (TPSA) is 61.8 Å². The Balaban J connectivity index is 2.01. The number of carbonyl (C=O) groups is 1. The standard InChI is InChI=1S/C15H20F3N5O2/c1-21(2)14-19-11(15(16,17)18)4-12(20-14)23-5-9-7-25-8-10(6-23)22(3)13(9)24/h4,9-10H,5-8H2,1-3H3/t9-,10+/m1/s1. The first-order valence-electron chi connectivity index (χ1n) is 7.89. The van der Waals surface area contributed by atoms with Crippen LogP contribution < -0.4 is 9.80 Å². The van der Waals surface area contributed by atoms with Crippen molar-refractivity contribution in [1.29, 1.82) is 0 Å². The molecule has 0 N–H and O–H groups in total. The lowest BCUT2D eigenvalue weighted by Crippen LogP contribution is -2.43. The maximum Gasteiger partial charge on any atom is 0.433 e. The normalized spacial score (nSPS) is 24.3. The molecule has 0 spiro atoms. The van der Waals surface area contributed by atoms with Gasteiger partial charge >= 0.3 is 6.18 Å². The minimum absolute atomic E-state index is 0.0184. The van der Waals surface area contributed by atoms with Crippen molar-refractivity contribution in [3.8, 4) is 0 Å². The molecule has 2 saturated heterocycles. The highest BCUT2D eigenvalue weighted by molar-refractivity contribution is 5.80. The molecule has 7 nitrogen and oxygen atoms in total. The molecular formula is C15H20F3N5O2. The summed E-state index contributed by atoms with van der Waals surface area (Å²) in [6.07, 6.45) is -4.57. The molecule has 2 aliphatic heterocycles. The van der Waals surface area contributed by atoms with Crippen LogP contribution in [0.3, 0.4) is 0 Å². The SMILES string of the molecule is CN(C)c1nc(N2C[C@@H]3COC[C@H](C2)N(C)C3=O)cc(C(F)(F)F)n1. The van der Waals surface area contributed by atoms with Crippen LogP contribution in [0.5, 0.6) is 0 Å². The van der Waals surface area contributed by atoms with E-state index in [0.29, 0.717) is 13.2 Å². The van der Waals surface area contributed by atoms with Gasteiger partial charge in [-0.1, -0.05) is 0 Å². The molecule has 2 atom stereocenters. The van der Waals surface area contributed by atoms with Crippen LogP contribution in [0.2, 0.25) is 0 Å². The van der Waals surface area contributed by atoms with Crippen LogP contribution in [0, 0.1) is 5.92 Å². The first kappa shape index (κ1) is 17.7. The Bertz CT molecular complexity index is 667. The zero-order valence-corrected chi connectivity index (χ0v) is 14.2. The van der Waals surface area contributed by atoms with E-state index in [-0.39, 0.29) is 36.9 Å². The highest BCUT2D eigenvalue weighted by Crippen LogP contribution is 2.32. The first-order chi connectivity index (χ1) is 11.7. The molecule has 0 radical (unpaired) electrons. The van der Waals surface area contributed by atoms with Crippen molar-refractivity contribution in [3.05, 3.63) is 11.8 Å². The number of nitrogens with zero attached hydrogens (tertiary/aromatic N) is 5. The number of alkyl halides is 3. The van der Waals surface area contributed by atoms with Crippen LogP contribution in [0.15, 0.2) is 6.07 Å². The van der Waals surface area contributed by atoms with Crippen LogP contribution in [0.25, 0.3) is 0 Å². The van der Waals surface area contributed by atoms with Crippen LogP contribution in [-0.2, 0) is 15.7 Å². The fourth-order valence-electron chi connectivity index (χ4n) is 3.01. The van der Waals surface area contributed by atoms with Gasteiger partial charge in [-0.2, -0.15) is 18.2 Å². The van der Waals surface area contributed by atoms with Crippen LogP contribution in [0.1, 0.15) is 5.69 Å². The van der Waals surface area contributed by atoms with Crippen LogP contribution >= 0.6 is 0 Å². The summed E-state index contributed by atoms with van der Waals surface area (Å²) in [5, 5.41) is 0. The number of amides is 1. The number of fused-ring (bicyclic) bond motifs is 3. The van der Waals surface area contributed by atoms with Crippen molar-refractivity contribution < 1.29 is 22.7 Å². The first-order valence-corrected chi connectivity index (χ1v) is 7.89. The number of anilines is 2. The second-order valence-electron chi connectivity index (χ2n) is 6.55. The van der Waals surface area contributed by atoms with E-state index in [0.717, 1.165) is 6.07 Å². The molecule has 1 aromatic heterocycles.